The molecule has 6 heteroatoms. The normalized spacial score (nSPS) is 21.0. The van der Waals surface area contributed by atoms with E-state index in [4.69, 9.17) is 4.84 Å². The van der Waals surface area contributed by atoms with Gasteiger partial charge in [0.15, 0.2) is 0 Å². The van der Waals surface area contributed by atoms with Gasteiger partial charge in [-0.15, -0.1) is 0 Å². The van der Waals surface area contributed by atoms with Gasteiger partial charge in [-0.1, -0.05) is 0 Å². The average Bonchev–Trinajstić information content (AvgIpc) is 2.38. The highest BCUT2D eigenvalue weighted by atomic mass is 19.1. The third-order valence-corrected chi connectivity index (χ3v) is 2.46. The van der Waals surface area contributed by atoms with Crippen LogP contribution in [0.15, 0.2) is 28.7 Å². The van der Waals surface area contributed by atoms with Crippen LogP contribution in [0.3, 0.4) is 0 Å². The summed E-state index contributed by atoms with van der Waals surface area (Å²) < 4.78 is 12.5. The van der Waals surface area contributed by atoms with Crippen molar-refractivity contribution in [1.29, 1.82) is 0 Å². The Morgan fingerprint density at radius 3 is 3.11 bits per heavy atom. The molecule has 5 nitrogen and oxygen atoms in total. The Hall–Kier alpha value is -1.56. The van der Waals surface area contributed by atoms with Crippen LogP contribution in [0.5, 0.6) is 0 Å². The smallest absolute Gasteiger partial charge is 0.109 e. The van der Waals surface area contributed by atoms with Gasteiger partial charge in [0.05, 0.1) is 18.4 Å². The zero-order valence-corrected chi connectivity index (χ0v) is 11.0. The van der Waals surface area contributed by atoms with Gasteiger partial charge in [0.25, 0.3) is 0 Å². The molecule has 0 saturated heterocycles. The molecule has 1 aliphatic heterocycles. The molecule has 0 spiro atoms. The molecule has 1 aliphatic rings. The Morgan fingerprint density at radius 1 is 1.67 bits per heavy atom. The number of nitrogens with one attached hydrogen (secondary N) is 3. The molecular formula is C12H21FN4O. The molecule has 0 fully saturated rings. The Morgan fingerprint density at radius 2 is 2.44 bits per heavy atom. The standard InChI is InChI=1S/C12H21FN4O/c1-4-16-18-6-5-11-10(3)12(15-8-14-11)17-9(2)7-13/h5-6,8-9,11,16-17H,4,7H2,1-3H3,(H,14,15)/b6-5+. The summed E-state index contributed by atoms with van der Waals surface area (Å²) in [6.07, 6.45) is 5.00. The lowest BCUT2D eigenvalue weighted by atomic mass is 10.1. The fourth-order valence-corrected chi connectivity index (χ4v) is 1.44. The van der Waals surface area contributed by atoms with Crippen molar-refractivity contribution in [1.82, 2.24) is 16.1 Å². The molecule has 0 bridgehead atoms. The van der Waals surface area contributed by atoms with Gasteiger partial charge in [0.2, 0.25) is 0 Å². The average molecular weight is 256 g/mol. The first-order valence-corrected chi connectivity index (χ1v) is 6.05. The fourth-order valence-electron chi connectivity index (χ4n) is 1.44. The first-order chi connectivity index (χ1) is 8.69. The molecular weight excluding hydrogens is 235 g/mol. The van der Waals surface area contributed by atoms with Crippen LogP contribution in [0.1, 0.15) is 20.8 Å². The molecule has 3 N–H and O–H groups in total. The van der Waals surface area contributed by atoms with E-state index < -0.39 is 6.67 Å². The van der Waals surface area contributed by atoms with E-state index in [-0.39, 0.29) is 12.1 Å². The highest BCUT2D eigenvalue weighted by molar-refractivity contribution is 5.61. The van der Waals surface area contributed by atoms with Crippen LogP contribution in [0, 0.1) is 0 Å². The summed E-state index contributed by atoms with van der Waals surface area (Å²) >= 11 is 0. The predicted octanol–water partition coefficient (Wildman–Crippen LogP) is 1.22. The van der Waals surface area contributed by atoms with Crippen molar-refractivity contribution < 1.29 is 9.23 Å². The number of rotatable bonds is 7. The second-order valence-corrected chi connectivity index (χ2v) is 4.07. The number of halogens is 1. The van der Waals surface area contributed by atoms with Gasteiger partial charge in [-0.25, -0.2) is 4.39 Å². The third-order valence-electron chi connectivity index (χ3n) is 2.46. The van der Waals surface area contributed by atoms with Crippen LogP contribution >= 0.6 is 0 Å². The Bertz CT molecular complexity index is 341. The van der Waals surface area contributed by atoms with E-state index in [2.05, 4.69) is 21.1 Å². The van der Waals surface area contributed by atoms with Gasteiger partial charge < -0.3 is 15.5 Å². The van der Waals surface area contributed by atoms with Gasteiger partial charge in [0.1, 0.15) is 18.8 Å². The molecule has 0 saturated carbocycles. The zero-order chi connectivity index (χ0) is 13.4. The molecule has 0 aromatic rings. The molecule has 2 atom stereocenters. The van der Waals surface area contributed by atoms with Crippen LogP contribution in [-0.4, -0.2) is 31.6 Å². The maximum Gasteiger partial charge on any atom is 0.109 e. The van der Waals surface area contributed by atoms with Crippen molar-refractivity contribution in [2.75, 3.05) is 13.2 Å². The van der Waals surface area contributed by atoms with Crippen molar-refractivity contribution >= 4 is 6.34 Å². The van der Waals surface area contributed by atoms with Crippen molar-refractivity contribution in [3.8, 4) is 0 Å². The van der Waals surface area contributed by atoms with Gasteiger partial charge in [-0.05, 0) is 32.4 Å². The largest absolute Gasteiger partial charge is 0.417 e. The summed E-state index contributed by atoms with van der Waals surface area (Å²) in [6.45, 7) is 5.99. The van der Waals surface area contributed by atoms with Gasteiger partial charge in [0, 0.05) is 6.54 Å². The Balaban J connectivity index is 2.60. The number of hydrogen-bond acceptors (Lipinski definition) is 5. The van der Waals surface area contributed by atoms with E-state index >= 15 is 0 Å². The molecule has 2 unspecified atom stereocenters. The number of hydroxylamine groups is 1. The van der Waals surface area contributed by atoms with E-state index in [1.165, 1.54) is 0 Å². The van der Waals surface area contributed by atoms with Crippen LogP contribution in [0.25, 0.3) is 0 Å². The monoisotopic (exact) mass is 256 g/mol. The molecule has 0 aromatic carbocycles. The number of alkyl halides is 1. The topological polar surface area (TPSA) is 57.7 Å². The van der Waals surface area contributed by atoms with Gasteiger partial charge in [-0.3, -0.25) is 4.99 Å². The summed E-state index contributed by atoms with van der Waals surface area (Å²) in [7, 11) is 0. The van der Waals surface area contributed by atoms with Gasteiger partial charge in [-0.2, -0.15) is 5.48 Å². The maximum atomic E-state index is 12.5. The maximum absolute atomic E-state index is 12.5. The lowest BCUT2D eigenvalue weighted by Crippen LogP contribution is -2.38. The van der Waals surface area contributed by atoms with Crippen molar-refractivity contribution in [3.63, 3.8) is 0 Å². The molecule has 1 heterocycles. The minimum absolute atomic E-state index is 0.0979. The van der Waals surface area contributed by atoms with E-state index in [1.54, 1.807) is 19.5 Å². The molecule has 0 aliphatic carbocycles. The van der Waals surface area contributed by atoms with Crippen molar-refractivity contribution in [2.24, 2.45) is 4.99 Å². The summed E-state index contributed by atoms with van der Waals surface area (Å²) in [5.41, 5.74) is 3.71. The molecule has 0 radical (unpaired) electrons. The highest BCUT2D eigenvalue weighted by Gasteiger charge is 2.15. The summed E-state index contributed by atoms with van der Waals surface area (Å²) in [4.78, 5) is 9.31. The molecule has 102 valence electrons. The second-order valence-electron chi connectivity index (χ2n) is 4.07. The van der Waals surface area contributed by atoms with Crippen molar-refractivity contribution in [3.05, 3.63) is 23.7 Å². The van der Waals surface area contributed by atoms with Crippen LogP contribution in [0.4, 0.5) is 4.39 Å². The van der Waals surface area contributed by atoms with Gasteiger partial charge >= 0.3 is 0 Å². The third kappa shape index (κ3) is 4.37. The highest BCUT2D eigenvalue weighted by Crippen LogP contribution is 2.13. The lowest BCUT2D eigenvalue weighted by Gasteiger charge is -2.23. The van der Waals surface area contributed by atoms with Crippen LogP contribution in [-0.2, 0) is 4.84 Å². The SMILES string of the molecule is CCNO/C=C/C1N=CNC(NC(C)CF)=C1C. The summed E-state index contributed by atoms with van der Waals surface area (Å²) in [6, 6.07) is -0.323. The lowest BCUT2D eigenvalue weighted by molar-refractivity contribution is 0.139. The van der Waals surface area contributed by atoms with Crippen molar-refractivity contribution in [2.45, 2.75) is 32.9 Å². The summed E-state index contributed by atoms with van der Waals surface area (Å²) in [5, 5.41) is 6.05. The first-order valence-electron chi connectivity index (χ1n) is 6.05. The molecule has 18 heavy (non-hydrogen) atoms. The van der Waals surface area contributed by atoms with Crippen LogP contribution in [0.2, 0.25) is 0 Å². The minimum atomic E-state index is -0.417. The zero-order valence-electron chi connectivity index (χ0n) is 11.0. The quantitative estimate of drug-likeness (QED) is 0.364. The first kappa shape index (κ1) is 14.5. The molecule has 0 amide bonds. The number of hydrogen-bond donors (Lipinski definition) is 3. The van der Waals surface area contributed by atoms with Crippen LogP contribution < -0.4 is 16.1 Å². The predicted molar refractivity (Wildman–Crippen MR) is 70.6 cm³/mol. The number of nitrogens with zero attached hydrogens (tertiary/aromatic N) is 1. The molecule has 0 aromatic heterocycles. The molecule has 1 rings (SSSR count). The second kappa shape index (κ2) is 7.71. The van der Waals surface area contributed by atoms with E-state index in [0.29, 0.717) is 0 Å². The van der Waals surface area contributed by atoms with E-state index in [9.17, 15) is 4.39 Å². The Labute approximate surface area is 107 Å². The summed E-state index contributed by atoms with van der Waals surface area (Å²) in [5.74, 6) is 0.799. The minimum Gasteiger partial charge on any atom is -0.417 e. The number of aliphatic imine (C=N–C) groups is 1. The fraction of sp³-hybridized carbons (Fsp3) is 0.583. The Kier molecular flexibility index (Phi) is 6.21. The van der Waals surface area contributed by atoms with E-state index in [1.807, 2.05) is 19.9 Å². The van der Waals surface area contributed by atoms with E-state index in [0.717, 1.165) is 17.9 Å².